The molecule has 2 rings (SSSR count). The van der Waals surface area contributed by atoms with E-state index in [1.165, 1.54) is 0 Å². The van der Waals surface area contributed by atoms with Crippen molar-refractivity contribution in [1.29, 1.82) is 0 Å². The van der Waals surface area contributed by atoms with Gasteiger partial charge in [-0.25, -0.2) is 0 Å². The maximum Gasteiger partial charge on any atom is 0.228 e. The molecule has 1 aliphatic heterocycles. The predicted molar refractivity (Wildman–Crippen MR) is 62.3 cm³/mol. The number of benzene rings is 1. The Morgan fingerprint density at radius 1 is 1.25 bits per heavy atom. The Bertz CT molecular complexity index is 446. The summed E-state index contributed by atoms with van der Waals surface area (Å²) < 4.78 is 5.16. The van der Waals surface area contributed by atoms with E-state index in [1.54, 1.807) is 13.2 Å². The summed E-state index contributed by atoms with van der Waals surface area (Å²) in [6.45, 7) is 0. The molecule has 3 heteroatoms. The number of hydrogen-bond acceptors (Lipinski definition) is 2. The van der Waals surface area contributed by atoms with Gasteiger partial charge in [-0.15, -0.1) is 0 Å². The number of carbonyl (C=O) groups excluding carboxylic acids is 1. The number of allylic oxidation sites excluding steroid dienone is 1. The molecular formula is C13H13NO2. The lowest BCUT2D eigenvalue weighted by Crippen LogP contribution is -2.19. The quantitative estimate of drug-likeness (QED) is 0.820. The van der Waals surface area contributed by atoms with Crippen LogP contribution in [0.2, 0.25) is 0 Å². The number of methoxy groups -OCH3 is 1. The number of rotatable bonds is 2. The lowest BCUT2D eigenvalue weighted by Gasteiger charge is -2.07. The van der Waals surface area contributed by atoms with Crippen LogP contribution < -0.4 is 5.32 Å². The van der Waals surface area contributed by atoms with Crippen molar-refractivity contribution in [2.45, 2.75) is 6.42 Å². The SMILES string of the molecule is COC1=CCC(=O)NC(c2ccccc2)=C1. The van der Waals surface area contributed by atoms with Crippen molar-refractivity contribution < 1.29 is 9.53 Å². The van der Waals surface area contributed by atoms with E-state index in [4.69, 9.17) is 4.74 Å². The largest absolute Gasteiger partial charge is 0.497 e. The minimum absolute atomic E-state index is 0.0258. The first-order chi connectivity index (χ1) is 7.79. The molecule has 0 radical (unpaired) electrons. The van der Waals surface area contributed by atoms with Gasteiger partial charge in [-0.2, -0.15) is 0 Å². The third-order valence-corrected chi connectivity index (χ3v) is 2.37. The average molecular weight is 215 g/mol. The molecule has 3 nitrogen and oxygen atoms in total. The summed E-state index contributed by atoms with van der Waals surface area (Å²) >= 11 is 0. The Hall–Kier alpha value is -2.03. The number of amides is 1. The molecule has 0 unspecified atom stereocenters. The molecule has 0 spiro atoms. The smallest absolute Gasteiger partial charge is 0.228 e. The van der Waals surface area contributed by atoms with E-state index >= 15 is 0 Å². The van der Waals surface area contributed by atoms with Crippen LogP contribution in [0.3, 0.4) is 0 Å². The zero-order chi connectivity index (χ0) is 11.4. The summed E-state index contributed by atoms with van der Waals surface area (Å²) in [7, 11) is 1.60. The summed E-state index contributed by atoms with van der Waals surface area (Å²) in [4.78, 5) is 11.5. The van der Waals surface area contributed by atoms with Crippen molar-refractivity contribution in [2.24, 2.45) is 0 Å². The van der Waals surface area contributed by atoms with Gasteiger partial charge in [0.25, 0.3) is 0 Å². The molecule has 0 aromatic heterocycles. The third-order valence-electron chi connectivity index (χ3n) is 2.37. The fourth-order valence-electron chi connectivity index (χ4n) is 1.55. The number of carbonyl (C=O) groups is 1. The summed E-state index contributed by atoms with van der Waals surface area (Å²) in [6, 6.07) is 9.71. The van der Waals surface area contributed by atoms with Crippen LogP contribution in [0.5, 0.6) is 0 Å². The van der Waals surface area contributed by atoms with Crippen LogP contribution in [0.1, 0.15) is 12.0 Å². The van der Waals surface area contributed by atoms with Gasteiger partial charge >= 0.3 is 0 Å². The van der Waals surface area contributed by atoms with E-state index in [0.717, 1.165) is 11.3 Å². The van der Waals surface area contributed by atoms with Crippen LogP contribution in [0.15, 0.2) is 48.2 Å². The van der Waals surface area contributed by atoms with Gasteiger partial charge in [0.15, 0.2) is 0 Å². The van der Waals surface area contributed by atoms with Crippen molar-refractivity contribution in [3.8, 4) is 0 Å². The van der Waals surface area contributed by atoms with Crippen molar-refractivity contribution in [1.82, 2.24) is 5.32 Å². The van der Waals surface area contributed by atoms with Crippen molar-refractivity contribution >= 4 is 11.6 Å². The fraction of sp³-hybridized carbons (Fsp3) is 0.154. The Labute approximate surface area is 94.4 Å². The molecule has 82 valence electrons. The van der Waals surface area contributed by atoms with Crippen LogP contribution in [-0.4, -0.2) is 13.0 Å². The van der Waals surface area contributed by atoms with Crippen LogP contribution in [0.4, 0.5) is 0 Å². The average Bonchev–Trinajstić information content (AvgIpc) is 2.52. The minimum atomic E-state index is -0.0258. The van der Waals surface area contributed by atoms with E-state index in [9.17, 15) is 4.79 Å². The molecular weight excluding hydrogens is 202 g/mol. The second kappa shape index (κ2) is 4.66. The molecule has 1 aliphatic rings. The van der Waals surface area contributed by atoms with E-state index in [1.807, 2.05) is 36.4 Å². The van der Waals surface area contributed by atoms with E-state index in [-0.39, 0.29) is 5.91 Å². The van der Waals surface area contributed by atoms with Gasteiger partial charge < -0.3 is 10.1 Å². The highest BCUT2D eigenvalue weighted by atomic mass is 16.5. The molecule has 0 aliphatic carbocycles. The molecule has 0 saturated heterocycles. The normalized spacial score (nSPS) is 15.7. The maximum atomic E-state index is 11.5. The van der Waals surface area contributed by atoms with Gasteiger partial charge in [0, 0.05) is 12.5 Å². The summed E-state index contributed by atoms with van der Waals surface area (Å²) in [5.74, 6) is 0.680. The molecule has 1 amide bonds. The Balaban J connectivity index is 2.36. The van der Waals surface area contributed by atoms with Gasteiger partial charge in [-0.05, 0) is 11.6 Å². The molecule has 0 saturated carbocycles. The Kier molecular flexibility index (Phi) is 3.05. The van der Waals surface area contributed by atoms with Crippen molar-refractivity contribution in [3.05, 3.63) is 53.8 Å². The van der Waals surface area contributed by atoms with Gasteiger partial charge in [0.1, 0.15) is 5.76 Å². The maximum absolute atomic E-state index is 11.5. The first-order valence-electron chi connectivity index (χ1n) is 5.11. The first-order valence-corrected chi connectivity index (χ1v) is 5.11. The monoisotopic (exact) mass is 215 g/mol. The summed E-state index contributed by atoms with van der Waals surface area (Å²) in [6.07, 6.45) is 3.95. The van der Waals surface area contributed by atoms with Crippen molar-refractivity contribution in [3.63, 3.8) is 0 Å². The minimum Gasteiger partial charge on any atom is -0.497 e. The van der Waals surface area contributed by atoms with Gasteiger partial charge in [0.2, 0.25) is 5.91 Å². The van der Waals surface area contributed by atoms with E-state index in [2.05, 4.69) is 5.32 Å². The van der Waals surface area contributed by atoms with Crippen LogP contribution in [-0.2, 0) is 9.53 Å². The number of ether oxygens (including phenoxy) is 1. The Morgan fingerprint density at radius 3 is 2.69 bits per heavy atom. The fourth-order valence-corrected chi connectivity index (χ4v) is 1.55. The Morgan fingerprint density at radius 2 is 2.00 bits per heavy atom. The number of nitrogens with one attached hydrogen (secondary N) is 1. The van der Waals surface area contributed by atoms with Gasteiger partial charge in [-0.1, -0.05) is 30.3 Å². The molecule has 1 N–H and O–H groups in total. The van der Waals surface area contributed by atoms with Crippen LogP contribution in [0, 0.1) is 0 Å². The second-order valence-corrected chi connectivity index (χ2v) is 3.49. The highest BCUT2D eigenvalue weighted by Gasteiger charge is 2.11. The third kappa shape index (κ3) is 2.31. The molecule has 0 fully saturated rings. The van der Waals surface area contributed by atoms with E-state index < -0.39 is 0 Å². The molecule has 1 aromatic rings. The standard InChI is InChI=1S/C13H13NO2/c1-16-11-7-8-13(15)14-12(9-11)10-5-3-2-4-6-10/h2-7,9H,8H2,1H3,(H,14,15). The molecule has 0 bridgehead atoms. The predicted octanol–water partition coefficient (Wildman–Crippen LogP) is 2.08. The zero-order valence-corrected chi connectivity index (χ0v) is 9.07. The van der Waals surface area contributed by atoms with E-state index in [0.29, 0.717) is 12.2 Å². The first kappa shape index (κ1) is 10.5. The molecule has 1 heterocycles. The van der Waals surface area contributed by atoms with Crippen LogP contribution >= 0.6 is 0 Å². The molecule has 1 aromatic carbocycles. The van der Waals surface area contributed by atoms with Gasteiger partial charge in [0.05, 0.1) is 12.8 Å². The molecule has 16 heavy (non-hydrogen) atoms. The zero-order valence-electron chi connectivity index (χ0n) is 9.07. The topological polar surface area (TPSA) is 38.3 Å². The second-order valence-electron chi connectivity index (χ2n) is 3.49. The highest BCUT2D eigenvalue weighted by Crippen LogP contribution is 2.17. The van der Waals surface area contributed by atoms with Gasteiger partial charge in [-0.3, -0.25) is 4.79 Å². The molecule has 0 atom stereocenters. The van der Waals surface area contributed by atoms with Crippen LogP contribution in [0.25, 0.3) is 5.70 Å². The highest BCUT2D eigenvalue weighted by molar-refractivity contribution is 5.89. The number of hydrogen-bond donors (Lipinski definition) is 1. The summed E-state index contributed by atoms with van der Waals surface area (Å²) in [5.41, 5.74) is 1.75. The summed E-state index contributed by atoms with van der Waals surface area (Å²) in [5, 5.41) is 2.85. The lowest BCUT2D eigenvalue weighted by atomic mass is 10.1. The lowest BCUT2D eigenvalue weighted by molar-refractivity contribution is -0.119. The van der Waals surface area contributed by atoms with Crippen molar-refractivity contribution in [2.75, 3.05) is 7.11 Å².